The Labute approximate surface area is 184 Å². The molecule has 1 saturated heterocycles. The molecule has 9 heteroatoms. The molecule has 2 aromatic heterocycles. The molecule has 0 radical (unpaired) electrons. The molecule has 1 aromatic carbocycles. The first-order chi connectivity index (χ1) is 15.4. The van der Waals surface area contributed by atoms with Crippen LogP contribution in [0, 0.1) is 19.7 Å². The highest BCUT2D eigenvalue weighted by molar-refractivity contribution is 6.46. The molecule has 1 N–H and O–H groups in total. The number of aliphatic hydroxyl groups is 1. The predicted octanol–water partition coefficient (Wildman–Crippen LogP) is 2.94. The van der Waals surface area contributed by atoms with Crippen LogP contribution < -0.4 is 0 Å². The van der Waals surface area contributed by atoms with E-state index in [4.69, 9.17) is 0 Å². The fourth-order valence-electron chi connectivity index (χ4n) is 3.93. The molecule has 1 fully saturated rings. The van der Waals surface area contributed by atoms with Crippen LogP contribution in [0.2, 0.25) is 0 Å². The number of hydrogen-bond acceptors (Lipinski definition) is 6. The maximum atomic E-state index is 14.8. The van der Waals surface area contributed by atoms with E-state index < -0.39 is 29.3 Å². The van der Waals surface area contributed by atoms with Gasteiger partial charge in [-0.2, -0.15) is 0 Å². The molecule has 3 heterocycles. The van der Waals surface area contributed by atoms with Gasteiger partial charge in [-0.1, -0.05) is 18.2 Å². The van der Waals surface area contributed by atoms with Gasteiger partial charge < -0.3 is 14.6 Å². The van der Waals surface area contributed by atoms with E-state index in [1.54, 1.807) is 38.6 Å². The van der Waals surface area contributed by atoms with Gasteiger partial charge >= 0.3 is 0 Å². The largest absolute Gasteiger partial charge is 0.507 e. The van der Waals surface area contributed by atoms with Crippen LogP contribution in [0.15, 0.2) is 54.8 Å². The first-order valence-electron chi connectivity index (χ1n) is 10.2. The third kappa shape index (κ3) is 3.89. The minimum Gasteiger partial charge on any atom is -0.507 e. The van der Waals surface area contributed by atoms with Crippen molar-refractivity contribution in [2.24, 2.45) is 0 Å². The number of Topliss-reactive ketones (excluding diaryl/α,β-unsaturated/α-hetero) is 1. The summed E-state index contributed by atoms with van der Waals surface area (Å²) in [7, 11) is 0. The Bertz CT molecular complexity index is 1210. The average Bonchev–Trinajstić information content (AvgIpc) is 3.36. The van der Waals surface area contributed by atoms with Gasteiger partial charge in [-0.3, -0.25) is 9.59 Å². The Morgan fingerprint density at radius 2 is 1.97 bits per heavy atom. The van der Waals surface area contributed by atoms with Gasteiger partial charge in [0.1, 0.15) is 17.4 Å². The summed E-state index contributed by atoms with van der Waals surface area (Å²) in [5.41, 5.74) is 0.654. The van der Waals surface area contributed by atoms with E-state index in [1.165, 1.54) is 29.3 Å². The molecule has 0 bridgehead atoms. The lowest BCUT2D eigenvalue weighted by atomic mass is 9.95. The van der Waals surface area contributed by atoms with Crippen LogP contribution >= 0.6 is 0 Å². The Morgan fingerprint density at radius 1 is 1.19 bits per heavy atom. The van der Waals surface area contributed by atoms with Crippen molar-refractivity contribution in [3.8, 4) is 0 Å². The number of aryl methyl sites for hydroxylation is 3. The molecule has 0 aliphatic carbocycles. The number of amides is 1. The van der Waals surface area contributed by atoms with Crippen LogP contribution in [0.1, 0.15) is 35.1 Å². The number of imidazole rings is 1. The van der Waals surface area contributed by atoms with E-state index >= 15 is 0 Å². The summed E-state index contributed by atoms with van der Waals surface area (Å²) in [6, 6.07) is 4.88. The first kappa shape index (κ1) is 21.4. The van der Waals surface area contributed by atoms with Gasteiger partial charge in [0.2, 0.25) is 0 Å². The van der Waals surface area contributed by atoms with Gasteiger partial charge in [0.15, 0.2) is 0 Å². The summed E-state index contributed by atoms with van der Waals surface area (Å²) in [6.07, 6.45) is 7.02. The molecule has 0 spiro atoms. The minimum atomic E-state index is -1.06. The van der Waals surface area contributed by atoms with Gasteiger partial charge in [-0.25, -0.2) is 19.3 Å². The summed E-state index contributed by atoms with van der Waals surface area (Å²) in [4.78, 5) is 39.6. The lowest BCUT2D eigenvalue weighted by Crippen LogP contribution is -2.31. The molecule has 1 aliphatic rings. The molecule has 4 rings (SSSR count). The monoisotopic (exact) mass is 435 g/mol. The zero-order chi connectivity index (χ0) is 22.8. The van der Waals surface area contributed by atoms with E-state index in [1.807, 2.05) is 4.57 Å². The number of aliphatic hydroxyl groups excluding tert-OH is 1. The summed E-state index contributed by atoms with van der Waals surface area (Å²) >= 11 is 0. The average molecular weight is 435 g/mol. The second kappa shape index (κ2) is 8.70. The third-order valence-electron chi connectivity index (χ3n) is 5.47. The van der Waals surface area contributed by atoms with Gasteiger partial charge in [0, 0.05) is 37.2 Å². The molecule has 3 aromatic rings. The normalized spacial score (nSPS) is 17.8. The molecule has 164 valence electrons. The number of carbonyl (C=O) groups excluding carboxylic acids is 2. The second-order valence-electron chi connectivity index (χ2n) is 7.58. The Balaban J connectivity index is 1.78. The zero-order valence-electron chi connectivity index (χ0n) is 17.7. The Kier molecular flexibility index (Phi) is 5.81. The minimum absolute atomic E-state index is 0.140. The lowest BCUT2D eigenvalue weighted by molar-refractivity contribution is -0.140. The fourth-order valence-corrected chi connectivity index (χ4v) is 3.93. The van der Waals surface area contributed by atoms with Crippen LogP contribution in [0.3, 0.4) is 0 Å². The quantitative estimate of drug-likeness (QED) is 0.363. The van der Waals surface area contributed by atoms with E-state index in [0.717, 1.165) is 0 Å². The molecular weight excluding hydrogens is 413 g/mol. The van der Waals surface area contributed by atoms with Crippen molar-refractivity contribution < 1.29 is 19.1 Å². The number of ketones is 1. The Morgan fingerprint density at radius 3 is 2.66 bits per heavy atom. The molecule has 1 aliphatic heterocycles. The molecule has 8 nitrogen and oxygen atoms in total. The molecule has 1 atom stereocenters. The van der Waals surface area contributed by atoms with E-state index in [2.05, 4.69) is 15.0 Å². The third-order valence-corrected chi connectivity index (χ3v) is 5.47. The maximum Gasteiger partial charge on any atom is 0.295 e. The molecule has 1 amide bonds. The number of hydrogen-bond donors (Lipinski definition) is 1. The summed E-state index contributed by atoms with van der Waals surface area (Å²) < 4.78 is 16.6. The van der Waals surface area contributed by atoms with Crippen molar-refractivity contribution in [2.75, 3.05) is 6.54 Å². The highest BCUT2D eigenvalue weighted by Crippen LogP contribution is 2.40. The van der Waals surface area contributed by atoms with E-state index in [-0.39, 0.29) is 23.2 Å². The lowest BCUT2D eigenvalue weighted by Gasteiger charge is -2.25. The summed E-state index contributed by atoms with van der Waals surface area (Å²) in [5.74, 6) is -2.12. The number of halogens is 1. The first-order valence-corrected chi connectivity index (χ1v) is 10.2. The van der Waals surface area contributed by atoms with Gasteiger partial charge in [0.25, 0.3) is 11.7 Å². The number of nitrogens with zero attached hydrogens (tertiary/aromatic N) is 5. The number of carbonyl (C=O) groups is 2. The topological polar surface area (TPSA) is 101 Å². The smallest absolute Gasteiger partial charge is 0.295 e. The Hall–Kier alpha value is -3.88. The van der Waals surface area contributed by atoms with E-state index in [0.29, 0.717) is 24.5 Å². The van der Waals surface area contributed by atoms with Gasteiger partial charge in [-0.15, -0.1) is 0 Å². The fraction of sp³-hybridized carbons (Fsp3) is 0.261. The number of aromatic nitrogens is 4. The maximum absolute atomic E-state index is 14.8. The van der Waals surface area contributed by atoms with Crippen LogP contribution in [-0.4, -0.2) is 47.8 Å². The van der Waals surface area contributed by atoms with Crippen molar-refractivity contribution in [1.82, 2.24) is 24.4 Å². The van der Waals surface area contributed by atoms with Crippen LogP contribution in [0.25, 0.3) is 5.76 Å². The van der Waals surface area contributed by atoms with Crippen LogP contribution in [0.4, 0.5) is 4.39 Å². The molecule has 0 saturated carbocycles. The van der Waals surface area contributed by atoms with Gasteiger partial charge in [0.05, 0.1) is 29.2 Å². The highest BCUT2D eigenvalue weighted by Gasteiger charge is 2.46. The predicted molar refractivity (Wildman–Crippen MR) is 114 cm³/mol. The summed E-state index contributed by atoms with van der Waals surface area (Å²) in [5, 5.41) is 11.1. The van der Waals surface area contributed by atoms with Crippen molar-refractivity contribution >= 4 is 17.4 Å². The van der Waals surface area contributed by atoms with E-state index in [9.17, 15) is 19.1 Å². The van der Waals surface area contributed by atoms with Crippen molar-refractivity contribution in [2.45, 2.75) is 32.9 Å². The molecule has 1 unspecified atom stereocenters. The second-order valence-corrected chi connectivity index (χ2v) is 7.58. The zero-order valence-corrected chi connectivity index (χ0v) is 17.7. The van der Waals surface area contributed by atoms with Crippen molar-refractivity contribution in [3.63, 3.8) is 0 Å². The van der Waals surface area contributed by atoms with Gasteiger partial charge in [-0.05, 0) is 26.3 Å². The number of rotatable bonds is 6. The van der Waals surface area contributed by atoms with Crippen LogP contribution in [-0.2, 0) is 16.1 Å². The number of benzene rings is 1. The van der Waals surface area contributed by atoms with Crippen molar-refractivity contribution in [3.05, 3.63) is 83.2 Å². The standard InChI is InChI=1S/C23H22FN5O3/c1-14-17(12-26-15(2)27-14)21(30)19-20(16-6-3-4-7-18(16)24)29(23(32)22(19)31)10-5-9-28-11-8-25-13-28/h3-4,6-8,11-13,20,30H,5,9-10H2,1-2H3/b21-19+. The van der Waals surface area contributed by atoms with Crippen molar-refractivity contribution in [1.29, 1.82) is 0 Å². The molecule has 32 heavy (non-hydrogen) atoms. The van der Waals surface area contributed by atoms with Crippen LogP contribution in [0.5, 0.6) is 0 Å². The summed E-state index contributed by atoms with van der Waals surface area (Å²) in [6.45, 7) is 4.14. The SMILES string of the molecule is Cc1ncc(/C(O)=C2\C(=O)C(=O)N(CCCn3ccnc3)C2c2ccccc2F)c(C)n1. The molecular formula is C23H22FN5O3. The highest BCUT2D eigenvalue weighted by atomic mass is 19.1. The number of likely N-dealkylation sites (tertiary alicyclic amines) is 1.